The third kappa shape index (κ3) is 24.5. The smallest absolute Gasteiger partial charge is 0.350 e. The molecular formula is C25H53O5P. The van der Waals surface area contributed by atoms with Crippen molar-refractivity contribution in [2.75, 3.05) is 19.6 Å². The fraction of sp³-hybridized carbons (Fsp3) is 1.00. The summed E-state index contributed by atoms with van der Waals surface area (Å²) >= 11 is 0. The summed E-state index contributed by atoms with van der Waals surface area (Å²) in [5, 5.41) is 0. The maximum absolute atomic E-state index is 10.7. The number of unbranched alkanes of at least 4 members (excludes halogenated alkanes) is 15. The summed E-state index contributed by atoms with van der Waals surface area (Å²) in [6, 6.07) is 0. The van der Waals surface area contributed by atoms with E-state index in [1.165, 1.54) is 96.3 Å². The number of hydrogen-bond donors (Lipinski definition) is 2. The van der Waals surface area contributed by atoms with Crippen LogP contribution in [0.25, 0.3) is 0 Å². The lowest BCUT2D eigenvalue weighted by Crippen LogP contribution is -2.20. The number of rotatable bonds is 24. The van der Waals surface area contributed by atoms with Gasteiger partial charge in [-0.2, -0.15) is 0 Å². The molecule has 6 heteroatoms. The highest BCUT2D eigenvalue weighted by molar-refractivity contribution is 7.51. The summed E-state index contributed by atoms with van der Waals surface area (Å²) in [7, 11) is -4.05. The molecule has 0 saturated heterocycles. The molecule has 0 aromatic heterocycles. The second kappa shape index (κ2) is 21.9. The van der Waals surface area contributed by atoms with Crippen LogP contribution >= 0.6 is 7.60 Å². The van der Waals surface area contributed by atoms with E-state index in [-0.39, 0.29) is 6.10 Å². The van der Waals surface area contributed by atoms with Crippen LogP contribution in [0.2, 0.25) is 0 Å². The summed E-state index contributed by atoms with van der Waals surface area (Å²) in [6.07, 6.45) is 22.4. The van der Waals surface area contributed by atoms with Crippen molar-refractivity contribution in [1.29, 1.82) is 0 Å². The topological polar surface area (TPSA) is 76.0 Å². The summed E-state index contributed by atoms with van der Waals surface area (Å²) in [4.78, 5) is 17.5. The van der Waals surface area contributed by atoms with Crippen LogP contribution in [0.5, 0.6) is 0 Å². The Morgan fingerprint density at radius 1 is 0.677 bits per heavy atom. The minimum Gasteiger partial charge on any atom is -0.378 e. The molecule has 0 bridgehead atoms. The molecule has 0 aliphatic rings. The van der Waals surface area contributed by atoms with Crippen LogP contribution in [-0.2, 0) is 14.0 Å². The van der Waals surface area contributed by atoms with Gasteiger partial charge in [0.25, 0.3) is 0 Å². The van der Waals surface area contributed by atoms with Crippen LogP contribution in [0.15, 0.2) is 0 Å². The zero-order chi connectivity index (χ0) is 23.2. The Morgan fingerprint density at radius 3 is 1.52 bits per heavy atom. The molecule has 0 heterocycles. The van der Waals surface area contributed by atoms with Crippen molar-refractivity contribution in [2.24, 2.45) is 5.92 Å². The van der Waals surface area contributed by atoms with Gasteiger partial charge in [-0.3, -0.25) is 4.57 Å². The van der Waals surface area contributed by atoms with Gasteiger partial charge in [-0.15, -0.1) is 0 Å². The fourth-order valence-electron chi connectivity index (χ4n) is 3.77. The summed E-state index contributed by atoms with van der Waals surface area (Å²) in [5.74, 6) is 0.317. The van der Waals surface area contributed by atoms with Gasteiger partial charge >= 0.3 is 7.60 Å². The molecule has 2 atom stereocenters. The van der Waals surface area contributed by atoms with Crippen molar-refractivity contribution < 1.29 is 23.8 Å². The van der Waals surface area contributed by atoms with Gasteiger partial charge < -0.3 is 19.3 Å². The van der Waals surface area contributed by atoms with Crippen molar-refractivity contribution in [3.05, 3.63) is 0 Å². The second-order valence-corrected chi connectivity index (χ2v) is 10.9. The van der Waals surface area contributed by atoms with Crippen molar-refractivity contribution in [1.82, 2.24) is 0 Å². The van der Waals surface area contributed by atoms with E-state index in [4.69, 9.17) is 19.3 Å². The molecule has 2 N–H and O–H groups in total. The molecule has 2 unspecified atom stereocenters. The molecule has 0 fully saturated rings. The number of ether oxygens (including phenoxy) is 2. The Bertz CT molecular complexity index is 413. The van der Waals surface area contributed by atoms with Gasteiger partial charge in [0.05, 0.1) is 6.10 Å². The normalized spacial score (nSPS) is 14.1. The van der Waals surface area contributed by atoms with E-state index in [1.54, 1.807) is 0 Å². The molecule has 0 aliphatic heterocycles. The highest BCUT2D eigenvalue weighted by Gasteiger charge is 2.15. The van der Waals surface area contributed by atoms with Crippen molar-refractivity contribution in [2.45, 2.75) is 136 Å². The van der Waals surface area contributed by atoms with Crippen LogP contribution < -0.4 is 0 Å². The van der Waals surface area contributed by atoms with Gasteiger partial charge in [-0.25, -0.2) is 0 Å². The molecule has 0 aliphatic carbocycles. The van der Waals surface area contributed by atoms with Gasteiger partial charge in [0.15, 0.2) is 0 Å². The van der Waals surface area contributed by atoms with Crippen LogP contribution in [-0.4, -0.2) is 35.5 Å². The van der Waals surface area contributed by atoms with E-state index in [2.05, 4.69) is 20.8 Å². The minimum atomic E-state index is -4.05. The molecular weight excluding hydrogens is 411 g/mol. The predicted octanol–water partition coefficient (Wildman–Crippen LogP) is 7.83. The van der Waals surface area contributed by atoms with Gasteiger partial charge in [0.2, 0.25) is 0 Å². The van der Waals surface area contributed by atoms with Crippen LogP contribution in [0, 0.1) is 5.92 Å². The van der Waals surface area contributed by atoms with Gasteiger partial charge in [-0.05, 0) is 25.7 Å². The molecule has 0 saturated carbocycles. The van der Waals surface area contributed by atoms with E-state index in [0.717, 1.165) is 19.4 Å². The van der Waals surface area contributed by atoms with Crippen LogP contribution in [0.3, 0.4) is 0 Å². The molecule has 0 rings (SSSR count). The SMILES string of the molecule is CCCCCCCCCCCCCCCCCCOC(C)C(C)CCOCP(=O)(O)O. The second-order valence-electron chi connectivity index (χ2n) is 9.35. The molecule has 31 heavy (non-hydrogen) atoms. The van der Waals surface area contributed by atoms with E-state index in [9.17, 15) is 4.57 Å². The molecule has 0 radical (unpaired) electrons. The number of hydrogen-bond acceptors (Lipinski definition) is 3. The first kappa shape index (κ1) is 31.1. The third-order valence-corrected chi connectivity index (χ3v) is 6.68. The average Bonchev–Trinajstić information content (AvgIpc) is 2.72. The molecule has 5 nitrogen and oxygen atoms in total. The van der Waals surface area contributed by atoms with Gasteiger partial charge in [0, 0.05) is 13.2 Å². The van der Waals surface area contributed by atoms with Crippen LogP contribution in [0.4, 0.5) is 0 Å². The summed E-state index contributed by atoms with van der Waals surface area (Å²) in [5.41, 5.74) is 0. The first-order valence-corrected chi connectivity index (χ1v) is 14.9. The van der Waals surface area contributed by atoms with Crippen molar-refractivity contribution >= 4 is 7.60 Å². The van der Waals surface area contributed by atoms with Crippen molar-refractivity contribution in [3.63, 3.8) is 0 Å². The Labute approximate surface area is 193 Å². The van der Waals surface area contributed by atoms with Gasteiger partial charge in [0.1, 0.15) is 6.35 Å². The first-order valence-electron chi connectivity index (χ1n) is 13.1. The monoisotopic (exact) mass is 464 g/mol. The fourth-order valence-corrected chi connectivity index (χ4v) is 4.14. The zero-order valence-corrected chi connectivity index (χ0v) is 21.8. The van der Waals surface area contributed by atoms with E-state index in [0.29, 0.717) is 12.5 Å². The molecule has 0 aromatic rings. The van der Waals surface area contributed by atoms with Gasteiger partial charge in [-0.1, -0.05) is 110 Å². The summed E-state index contributed by atoms with van der Waals surface area (Å²) in [6.45, 7) is 7.60. The maximum atomic E-state index is 10.7. The molecule has 188 valence electrons. The zero-order valence-electron chi connectivity index (χ0n) is 20.9. The van der Waals surface area contributed by atoms with E-state index < -0.39 is 13.9 Å². The first-order chi connectivity index (χ1) is 14.9. The van der Waals surface area contributed by atoms with Crippen LogP contribution in [0.1, 0.15) is 130 Å². The molecule has 0 spiro atoms. The lowest BCUT2D eigenvalue weighted by atomic mass is 10.0. The molecule has 0 aromatic carbocycles. The minimum absolute atomic E-state index is 0.148. The standard InChI is InChI=1S/C25H53O5P/c1-4-5-6-7-8-9-10-11-12-13-14-15-16-17-18-19-21-30-25(3)24(2)20-22-29-23-31(26,27)28/h24-25H,4-23H2,1-3H3,(H2,26,27,28). The van der Waals surface area contributed by atoms with Crippen molar-refractivity contribution in [3.8, 4) is 0 Å². The van der Waals surface area contributed by atoms with E-state index >= 15 is 0 Å². The highest BCUT2D eigenvalue weighted by atomic mass is 31.2. The largest absolute Gasteiger partial charge is 0.378 e. The Morgan fingerprint density at radius 2 is 1.10 bits per heavy atom. The maximum Gasteiger partial charge on any atom is 0.350 e. The highest BCUT2D eigenvalue weighted by Crippen LogP contribution is 2.33. The lowest BCUT2D eigenvalue weighted by Gasteiger charge is -2.20. The predicted molar refractivity (Wildman–Crippen MR) is 132 cm³/mol. The molecule has 0 amide bonds. The van der Waals surface area contributed by atoms with E-state index in [1.807, 2.05) is 0 Å². The lowest BCUT2D eigenvalue weighted by molar-refractivity contribution is 0.0165. The quantitative estimate of drug-likeness (QED) is 0.112. The summed E-state index contributed by atoms with van der Waals surface area (Å²) < 4.78 is 21.7. The average molecular weight is 465 g/mol. The third-order valence-electron chi connectivity index (χ3n) is 6.16. The Hall–Kier alpha value is 0.0700. The Balaban J connectivity index is 3.28. The Kier molecular flexibility index (Phi) is 21.9.